The number of hydrogen-bond donors (Lipinski definition) is 2. The van der Waals surface area contributed by atoms with E-state index in [1.165, 1.54) is 28.9 Å². The van der Waals surface area contributed by atoms with Crippen molar-refractivity contribution in [1.82, 2.24) is 9.97 Å². The number of nitrogens with zero attached hydrogens (tertiary/aromatic N) is 1. The Morgan fingerprint density at radius 2 is 1.94 bits per heavy atom. The van der Waals surface area contributed by atoms with E-state index in [1.54, 1.807) is 6.20 Å². The van der Waals surface area contributed by atoms with Crippen LogP contribution >= 0.6 is 11.3 Å². The van der Waals surface area contributed by atoms with Gasteiger partial charge in [0.25, 0.3) is 0 Å². The number of carbonyl (C=O) groups excluding carboxylic acids is 2. The Kier molecular flexibility index (Phi) is 6.45. The van der Waals surface area contributed by atoms with E-state index in [-0.39, 0.29) is 11.9 Å². The minimum Gasteiger partial charge on any atom is -0.465 e. The van der Waals surface area contributed by atoms with Gasteiger partial charge in [0.15, 0.2) is 0 Å². The second kappa shape index (κ2) is 9.81. The zero-order chi connectivity index (χ0) is 23.5. The van der Waals surface area contributed by atoms with Crippen LogP contribution in [0.4, 0.5) is 5.00 Å². The molecule has 0 aliphatic heterocycles. The van der Waals surface area contributed by atoms with Crippen LogP contribution in [0.25, 0.3) is 22.3 Å². The molecule has 2 N–H and O–H groups in total. The fraction of sp³-hybridized carbons (Fsp3) is 0.296. The van der Waals surface area contributed by atoms with Crippen LogP contribution < -0.4 is 5.32 Å². The van der Waals surface area contributed by atoms with E-state index in [1.807, 2.05) is 30.3 Å². The molecule has 0 spiro atoms. The molecule has 0 bridgehead atoms. The van der Waals surface area contributed by atoms with E-state index in [9.17, 15) is 9.59 Å². The highest BCUT2D eigenvalue weighted by atomic mass is 32.1. The Hall–Kier alpha value is -3.45. The molecule has 0 atom stereocenters. The van der Waals surface area contributed by atoms with E-state index in [0.29, 0.717) is 23.4 Å². The summed E-state index contributed by atoms with van der Waals surface area (Å²) in [5.41, 5.74) is 5.73. The molecule has 0 saturated heterocycles. The maximum absolute atomic E-state index is 12.9. The van der Waals surface area contributed by atoms with Crippen molar-refractivity contribution in [1.29, 1.82) is 0 Å². The van der Waals surface area contributed by atoms with Crippen LogP contribution in [0.15, 0.2) is 48.7 Å². The lowest BCUT2D eigenvalue weighted by molar-refractivity contribution is -0.116. The number of aromatic nitrogens is 2. The lowest BCUT2D eigenvalue weighted by Gasteiger charge is -2.11. The Morgan fingerprint density at radius 3 is 2.76 bits per heavy atom. The summed E-state index contributed by atoms with van der Waals surface area (Å²) >= 11 is 1.52. The fourth-order valence-corrected chi connectivity index (χ4v) is 6.07. The van der Waals surface area contributed by atoms with Crippen molar-refractivity contribution in [2.75, 3.05) is 12.4 Å². The van der Waals surface area contributed by atoms with Crippen molar-refractivity contribution < 1.29 is 14.3 Å². The van der Waals surface area contributed by atoms with Gasteiger partial charge in [-0.15, -0.1) is 11.3 Å². The van der Waals surface area contributed by atoms with Crippen LogP contribution in [0.2, 0.25) is 0 Å². The first-order valence-corrected chi connectivity index (χ1v) is 12.5. The summed E-state index contributed by atoms with van der Waals surface area (Å²) in [4.78, 5) is 34.5. The number of fused-ring (bicyclic) bond motifs is 2. The molecule has 1 amide bonds. The van der Waals surface area contributed by atoms with E-state index in [0.717, 1.165) is 60.0 Å². The average molecular weight is 474 g/mol. The number of pyridine rings is 1. The van der Waals surface area contributed by atoms with Crippen LogP contribution in [0, 0.1) is 0 Å². The predicted octanol–water partition coefficient (Wildman–Crippen LogP) is 5.92. The van der Waals surface area contributed by atoms with E-state index >= 15 is 0 Å². The summed E-state index contributed by atoms with van der Waals surface area (Å²) < 4.78 is 5.02. The van der Waals surface area contributed by atoms with Crippen molar-refractivity contribution in [2.24, 2.45) is 0 Å². The van der Waals surface area contributed by atoms with E-state index in [4.69, 9.17) is 4.74 Å². The SMILES string of the molecule is COC(=O)c1c(NC(=O)CCCc2c(-c3ccccn3)[nH]c3ccccc23)sc2c1CCCC2. The highest BCUT2D eigenvalue weighted by Gasteiger charge is 2.27. The number of hydrogen-bond acceptors (Lipinski definition) is 5. The fourth-order valence-electron chi connectivity index (χ4n) is 4.78. The van der Waals surface area contributed by atoms with Gasteiger partial charge < -0.3 is 15.0 Å². The molecule has 1 aliphatic rings. The van der Waals surface area contributed by atoms with Crippen molar-refractivity contribution in [3.05, 3.63) is 70.2 Å². The van der Waals surface area contributed by atoms with Gasteiger partial charge in [0.1, 0.15) is 5.00 Å². The van der Waals surface area contributed by atoms with Crippen molar-refractivity contribution in [3.8, 4) is 11.4 Å². The molecule has 0 saturated carbocycles. The summed E-state index contributed by atoms with van der Waals surface area (Å²) in [5, 5.41) is 4.79. The number of nitrogens with one attached hydrogen (secondary N) is 2. The highest BCUT2D eigenvalue weighted by molar-refractivity contribution is 7.17. The minimum absolute atomic E-state index is 0.0806. The summed E-state index contributed by atoms with van der Waals surface area (Å²) in [5.74, 6) is -0.448. The number of amides is 1. The average Bonchev–Trinajstić information content (AvgIpc) is 3.42. The molecule has 5 rings (SSSR count). The first-order valence-electron chi connectivity index (χ1n) is 11.7. The molecule has 0 unspecified atom stereocenters. The second-order valence-corrected chi connectivity index (χ2v) is 9.65. The summed E-state index contributed by atoms with van der Waals surface area (Å²) in [6.45, 7) is 0. The molecule has 7 heteroatoms. The molecule has 1 aliphatic carbocycles. The number of H-pyrrole nitrogens is 1. The van der Waals surface area contributed by atoms with Gasteiger partial charge in [0, 0.05) is 28.4 Å². The molecule has 4 aromatic rings. The first-order chi connectivity index (χ1) is 16.7. The number of para-hydroxylation sites is 1. The molecule has 174 valence electrons. The quantitative estimate of drug-likeness (QED) is 0.327. The Bertz CT molecular complexity index is 1340. The number of aryl methyl sites for hydroxylation is 2. The first kappa shape index (κ1) is 22.3. The lowest BCUT2D eigenvalue weighted by atomic mass is 9.95. The molecule has 3 heterocycles. The number of esters is 1. The van der Waals surface area contributed by atoms with Crippen LogP contribution in [0.3, 0.4) is 0 Å². The van der Waals surface area contributed by atoms with Crippen LogP contribution in [0.5, 0.6) is 0 Å². The van der Waals surface area contributed by atoms with Crippen LogP contribution in [0.1, 0.15) is 52.0 Å². The number of thiophene rings is 1. The predicted molar refractivity (Wildman–Crippen MR) is 135 cm³/mol. The third kappa shape index (κ3) is 4.35. The molecular weight excluding hydrogens is 446 g/mol. The van der Waals surface area contributed by atoms with E-state index in [2.05, 4.69) is 27.4 Å². The maximum Gasteiger partial charge on any atom is 0.341 e. The number of benzene rings is 1. The number of carbonyl (C=O) groups is 2. The number of anilines is 1. The molecule has 0 radical (unpaired) electrons. The Labute approximate surface area is 202 Å². The molecule has 0 fully saturated rings. The zero-order valence-electron chi connectivity index (χ0n) is 19.1. The monoisotopic (exact) mass is 473 g/mol. The normalized spacial score (nSPS) is 13.0. The standard InChI is InChI=1S/C27H27N3O3S/c1-33-27(32)24-19-10-3-5-14-22(19)34-26(24)30-23(31)15-8-11-18-17-9-2-4-12-20(17)29-25(18)21-13-6-7-16-28-21/h2,4,6-7,9,12-13,16,29H,3,5,8,10-11,14-15H2,1H3,(H,30,31). The zero-order valence-corrected chi connectivity index (χ0v) is 20.0. The van der Waals surface area contributed by atoms with E-state index < -0.39 is 0 Å². The van der Waals surface area contributed by atoms with Crippen molar-refractivity contribution >= 4 is 39.1 Å². The maximum atomic E-state index is 12.9. The topological polar surface area (TPSA) is 84.1 Å². The smallest absolute Gasteiger partial charge is 0.341 e. The number of methoxy groups -OCH3 is 1. The molecule has 1 aromatic carbocycles. The number of rotatable bonds is 7. The second-order valence-electron chi connectivity index (χ2n) is 8.55. The van der Waals surface area contributed by atoms with Gasteiger partial charge in [-0.25, -0.2) is 4.79 Å². The Balaban J connectivity index is 1.32. The number of ether oxygens (including phenoxy) is 1. The van der Waals surface area contributed by atoms with Crippen molar-refractivity contribution in [3.63, 3.8) is 0 Å². The summed E-state index contributed by atoms with van der Waals surface area (Å²) in [7, 11) is 1.39. The van der Waals surface area contributed by atoms with Gasteiger partial charge in [-0.1, -0.05) is 24.3 Å². The molecule has 34 heavy (non-hydrogen) atoms. The largest absolute Gasteiger partial charge is 0.465 e. The van der Waals surface area contributed by atoms with Gasteiger partial charge in [0.2, 0.25) is 5.91 Å². The molecular formula is C27H27N3O3S. The third-order valence-corrected chi connectivity index (χ3v) is 7.59. The van der Waals surface area contributed by atoms with Gasteiger partial charge in [0.05, 0.1) is 24.1 Å². The van der Waals surface area contributed by atoms with Gasteiger partial charge in [-0.2, -0.15) is 0 Å². The number of aromatic amines is 1. The van der Waals surface area contributed by atoms with Crippen molar-refractivity contribution in [2.45, 2.75) is 44.9 Å². The third-order valence-electron chi connectivity index (χ3n) is 6.38. The van der Waals surface area contributed by atoms with Gasteiger partial charge >= 0.3 is 5.97 Å². The summed E-state index contributed by atoms with van der Waals surface area (Å²) in [6, 6.07) is 14.1. The molecule has 3 aromatic heterocycles. The highest BCUT2D eigenvalue weighted by Crippen LogP contribution is 2.38. The lowest BCUT2D eigenvalue weighted by Crippen LogP contribution is -2.15. The van der Waals surface area contributed by atoms with Crippen LogP contribution in [-0.2, 0) is 28.8 Å². The van der Waals surface area contributed by atoms with Crippen LogP contribution in [-0.4, -0.2) is 29.0 Å². The Morgan fingerprint density at radius 1 is 1.12 bits per heavy atom. The minimum atomic E-state index is -0.367. The summed E-state index contributed by atoms with van der Waals surface area (Å²) in [6.07, 6.45) is 7.58. The van der Waals surface area contributed by atoms with Gasteiger partial charge in [-0.3, -0.25) is 9.78 Å². The van der Waals surface area contributed by atoms with Gasteiger partial charge in [-0.05, 0) is 67.9 Å². The molecule has 6 nitrogen and oxygen atoms in total.